The molecule has 0 saturated carbocycles. The molecular weight excluding hydrogens is 302 g/mol. The molecule has 0 saturated heterocycles. The number of anilines is 2. The Labute approximate surface area is 129 Å². The minimum absolute atomic E-state index is 0.276. The molecule has 7 heteroatoms. The number of benzene rings is 1. The molecule has 0 aliphatic carbocycles. The van der Waals surface area contributed by atoms with E-state index in [0.29, 0.717) is 23.5 Å². The molecule has 0 aliphatic heterocycles. The van der Waals surface area contributed by atoms with E-state index in [1.807, 2.05) is 0 Å². The van der Waals surface area contributed by atoms with Gasteiger partial charge in [0.25, 0.3) is 5.91 Å². The molecule has 0 fully saturated rings. The minimum atomic E-state index is -3.33. The van der Waals surface area contributed by atoms with Crippen LogP contribution in [0.1, 0.15) is 17.3 Å². The maximum Gasteiger partial charge on any atom is 0.255 e. The van der Waals surface area contributed by atoms with Gasteiger partial charge in [-0.05, 0) is 43.3 Å². The minimum Gasteiger partial charge on any atom is -0.321 e. The second-order valence-corrected chi connectivity index (χ2v) is 6.58. The van der Waals surface area contributed by atoms with Crippen LogP contribution in [0.4, 0.5) is 11.4 Å². The summed E-state index contributed by atoms with van der Waals surface area (Å²) in [7, 11) is -3.33. The topological polar surface area (TPSA) is 79.4 Å². The third kappa shape index (κ3) is 3.82. The second kappa shape index (κ2) is 6.57. The average Bonchev–Trinajstić information content (AvgIpc) is 2.48. The standard InChI is InChI=1S/C15H17N3O3S/c1-3-18(22(2,20)21)14-8-6-12(7-9-14)15(19)17-13-5-4-10-16-11-13/h4-11H,3H2,1-2H3,(H,17,19). The molecule has 0 aliphatic rings. The Morgan fingerprint density at radius 2 is 1.91 bits per heavy atom. The van der Waals surface area contributed by atoms with Gasteiger partial charge in [-0.1, -0.05) is 0 Å². The van der Waals surface area contributed by atoms with Gasteiger partial charge in [-0.15, -0.1) is 0 Å². The summed E-state index contributed by atoms with van der Waals surface area (Å²) in [5, 5.41) is 2.72. The number of sulfonamides is 1. The molecule has 2 rings (SSSR count). The molecule has 2 aromatic rings. The van der Waals surface area contributed by atoms with E-state index >= 15 is 0 Å². The summed E-state index contributed by atoms with van der Waals surface area (Å²) < 4.78 is 24.6. The SMILES string of the molecule is CCN(c1ccc(C(=O)Nc2cccnc2)cc1)S(C)(=O)=O. The zero-order valence-electron chi connectivity index (χ0n) is 12.4. The number of aromatic nitrogens is 1. The predicted molar refractivity (Wildman–Crippen MR) is 86.5 cm³/mol. The molecule has 1 N–H and O–H groups in total. The quantitative estimate of drug-likeness (QED) is 0.915. The van der Waals surface area contributed by atoms with Crippen molar-refractivity contribution in [3.8, 4) is 0 Å². The number of nitrogens with one attached hydrogen (secondary N) is 1. The molecule has 22 heavy (non-hydrogen) atoms. The third-order valence-electron chi connectivity index (χ3n) is 3.02. The predicted octanol–water partition coefficient (Wildman–Crippen LogP) is 2.12. The zero-order chi connectivity index (χ0) is 16.2. The van der Waals surface area contributed by atoms with Crippen molar-refractivity contribution in [2.75, 3.05) is 22.4 Å². The Morgan fingerprint density at radius 1 is 1.23 bits per heavy atom. The van der Waals surface area contributed by atoms with Gasteiger partial charge in [-0.3, -0.25) is 14.1 Å². The lowest BCUT2D eigenvalue weighted by Crippen LogP contribution is -2.29. The van der Waals surface area contributed by atoms with Crippen molar-refractivity contribution in [2.45, 2.75) is 6.92 Å². The molecule has 0 atom stereocenters. The Morgan fingerprint density at radius 3 is 2.41 bits per heavy atom. The summed E-state index contributed by atoms with van der Waals surface area (Å²) in [6, 6.07) is 9.88. The van der Waals surface area contributed by atoms with E-state index in [4.69, 9.17) is 0 Å². The molecule has 0 bridgehead atoms. The van der Waals surface area contributed by atoms with Crippen molar-refractivity contribution in [2.24, 2.45) is 0 Å². The van der Waals surface area contributed by atoms with Crippen molar-refractivity contribution in [1.82, 2.24) is 4.98 Å². The number of hydrogen-bond acceptors (Lipinski definition) is 4. The third-order valence-corrected chi connectivity index (χ3v) is 4.29. The van der Waals surface area contributed by atoms with Crippen LogP contribution in [0, 0.1) is 0 Å². The molecule has 6 nitrogen and oxygen atoms in total. The monoisotopic (exact) mass is 319 g/mol. The fourth-order valence-corrected chi connectivity index (χ4v) is 3.00. The summed E-state index contributed by atoms with van der Waals surface area (Å²) >= 11 is 0. The van der Waals surface area contributed by atoms with Crippen LogP contribution in [0.15, 0.2) is 48.8 Å². The van der Waals surface area contributed by atoms with E-state index in [1.165, 1.54) is 4.31 Å². The van der Waals surface area contributed by atoms with Crippen LogP contribution in [-0.2, 0) is 10.0 Å². The summed E-state index contributed by atoms with van der Waals surface area (Å²) in [6.07, 6.45) is 4.32. The molecule has 1 amide bonds. The maximum atomic E-state index is 12.1. The molecule has 0 radical (unpaired) electrons. The number of hydrogen-bond donors (Lipinski definition) is 1. The van der Waals surface area contributed by atoms with Crippen LogP contribution in [-0.4, -0.2) is 32.1 Å². The first kappa shape index (κ1) is 16.0. The normalized spacial score (nSPS) is 11.0. The van der Waals surface area contributed by atoms with Crippen LogP contribution >= 0.6 is 0 Å². The van der Waals surface area contributed by atoms with Gasteiger partial charge in [-0.2, -0.15) is 0 Å². The number of amides is 1. The lowest BCUT2D eigenvalue weighted by Gasteiger charge is -2.20. The van der Waals surface area contributed by atoms with Crippen molar-refractivity contribution in [1.29, 1.82) is 0 Å². The van der Waals surface area contributed by atoms with E-state index in [-0.39, 0.29) is 5.91 Å². The number of carbonyl (C=O) groups excluding carboxylic acids is 1. The van der Waals surface area contributed by atoms with E-state index in [9.17, 15) is 13.2 Å². The highest BCUT2D eigenvalue weighted by atomic mass is 32.2. The van der Waals surface area contributed by atoms with Gasteiger partial charge in [0.05, 0.1) is 23.8 Å². The van der Waals surface area contributed by atoms with Crippen molar-refractivity contribution < 1.29 is 13.2 Å². The Hall–Kier alpha value is -2.41. The first-order chi connectivity index (χ1) is 10.4. The highest BCUT2D eigenvalue weighted by molar-refractivity contribution is 7.92. The van der Waals surface area contributed by atoms with E-state index in [2.05, 4.69) is 10.3 Å². The number of nitrogens with zero attached hydrogens (tertiary/aromatic N) is 2. The van der Waals surface area contributed by atoms with Gasteiger partial charge in [0.2, 0.25) is 10.0 Å². The summed E-state index contributed by atoms with van der Waals surface area (Å²) in [4.78, 5) is 16.0. The molecule has 116 valence electrons. The number of rotatable bonds is 5. The molecular formula is C15H17N3O3S. The number of carbonyl (C=O) groups is 1. The lowest BCUT2D eigenvalue weighted by molar-refractivity contribution is 0.102. The van der Waals surface area contributed by atoms with Crippen molar-refractivity contribution in [3.05, 3.63) is 54.4 Å². The molecule has 0 spiro atoms. The smallest absolute Gasteiger partial charge is 0.255 e. The molecule has 1 aromatic carbocycles. The Balaban J connectivity index is 2.16. The van der Waals surface area contributed by atoms with E-state index in [0.717, 1.165) is 6.26 Å². The Bertz CT molecular complexity index is 743. The average molecular weight is 319 g/mol. The zero-order valence-corrected chi connectivity index (χ0v) is 13.2. The summed E-state index contributed by atoms with van der Waals surface area (Å²) in [5.74, 6) is -0.276. The van der Waals surface area contributed by atoms with Crippen LogP contribution in [0.25, 0.3) is 0 Å². The highest BCUT2D eigenvalue weighted by Gasteiger charge is 2.15. The van der Waals surface area contributed by atoms with E-state index < -0.39 is 10.0 Å². The van der Waals surface area contributed by atoms with Gasteiger partial charge < -0.3 is 5.32 Å². The summed E-state index contributed by atoms with van der Waals surface area (Å²) in [5.41, 5.74) is 1.57. The van der Waals surface area contributed by atoms with E-state index in [1.54, 1.807) is 55.7 Å². The van der Waals surface area contributed by atoms with Crippen LogP contribution in [0.5, 0.6) is 0 Å². The van der Waals surface area contributed by atoms with Crippen LogP contribution in [0.2, 0.25) is 0 Å². The molecule has 1 heterocycles. The molecule has 0 unspecified atom stereocenters. The molecule has 1 aromatic heterocycles. The van der Waals surface area contributed by atoms with Gasteiger partial charge >= 0.3 is 0 Å². The van der Waals surface area contributed by atoms with Gasteiger partial charge in [0.1, 0.15) is 0 Å². The Kier molecular flexibility index (Phi) is 4.77. The van der Waals surface area contributed by atoms with Gasteiger partial charge in [-0.25, -0.2) is 8.42 Å². The van der Waals surface area contributed by atoms with Crippen molar-refractivity contribution in [3.63, 3.8) is 0 Å². The first-order valence-electron chi connectivity index (χ1n) is 6.71. The maximum absolute atomic E-state index is 12.1. The fraction of sp³-hybridized carbons (Fsp3) is 0.200. The second-order valence-electron chi connectivity index (χ2n) is 4.67. The fourth-order valence-electron chi connectivity index (χ4n) is 2.03. The highest BCUT2D eigenvalue weighted by Crippen LogP contribution is 2.18. The van der Waals surface area contributed by atoms with Crippen molar-refractivity contribution >= 4 is 27.3 Å². The lowest BCUT2D eigenvalue weighted by atomic mass is 10.2. The largest absolute Gasteiger partial charge is 0.321 e. The summed E-state index contributed by atoms with van der Waals surface area (Å²) in [6.45, 7) is 2.09. The number of pyridine rings is 1. The van der Waals surface area contributed by atoms with Crippen LogP contribution in [0.3, 0.4) is 0 Å². The van der Waals surface area contributed by atoms with Gasteiger partial charge in [0, 0.05) is 18.3 Å². The first-order valence-corrected chi connectivity index (χ1v) is 8.56. The van der Waals surface area contributed by atoms with Gasteiger partial charge in [0.15, 0.2) is 0 Å². The van der Waals surface area contributed by atoms with Crippen LogP contribution < -0.4 is 9.62 Å².